The number of carbonyl (C=O) groups is 1. The second-order valence-corrected chi connectivity index (χ2v) is 7.99. The van der Waals surface area contributed by atoms with Crippen LogP contribution >= 0.6 is 0 Å². The SMILES string of the molecule is COC(=O)c1cc2cc(OC)c(OC)cc2c2c1C=CC(c1ccccc1)(c1ccccc1)O2. The van der Waals surface area contributed by atoms with E-state index in [0.717, 1.165) is 21.9 Å². The van der Waals surface area contributed by atoms with Crippen LogP contribution < -0.4 is 14.2 Å². The number of carbonyl (C=O) groups excluding carboxylic acids is 1. The maximum absolute atomic E-state index is 12.7. The van der Waals surface area contributed by atoms with Gasteiger partial charge in [0.2, 0.25) is 0 Å². The Morgan fingerprint density at radius 1 is 0.794 bits per heavy atom. The minimum absolute atomic E-state index is 0.420. The van der Waals surface area contributed by atoms with Crippen LogP contribution in [0.3, 0.4) is 0 Å². The molecular formula is C29H24O5. The Balaban J connectivity index is 1.84. The molecule has 0 bridgehead atoms. The largest absolute Gasteiger partial charge is 0.493 e. The molecule has 0 N–H and O–H groups in total. The molecule has 5 heteroatoms. The van der Waals surface area contributed by atoms with Crippen molar-refractivity contribution >= 4 is 22.8 Å². The lowest BCUT2D eigenvalue weighted by Gasteiger charge is -2.37. The third kappa shape index (κ3) is 3.37. The monoisotopic (exact) mass is 452 g/mol. The zero-order valence-electron chi connectivity index (χ0n) is 19.2. The van der Waals surface area contributed by atoms with E-state index in [1.165, 1.54) is 7.11 Å². The standard InChI is InChI=1S/C29H24O5/c1-31-25-17-19-16-24(28(30)33-3)22-14-15-29(20-10-6-4-7-11-20,21-12-8-5-9-13-21)34-27(22)23(19)18-26(25)32-2/h4-18H,1-3H3. The lowest BCUT2D eigenvalue weighted by molar-refractivity contribution is 0.0599. The third-order valence-electron chi connectivity index (χ3n) is 6.19. The second-order valence-electron chi connectivity index (χ2n) is 7.99. The average molecular weight is 453 g/mol. The van der Waals surface area contributed by atoms with Gasteiger partial charge in [-0.1, -0.05) is 60.7 Å². The van der Waals surface area contributed by atoms with Gasteiger partial charge in [0.15, 0.2) is 17.1 Å². The summed E-state index contributed by atoms with van der Waals surface area (Å²) in [7, 11) is 4.55. The first-order chi connectivity index (χ1) is 16.6. The molecular weight excluding hydrogens is 428 g/mol. The van der Waals surface area contributed by atoms with E-state index < -0.39 is 11.6 Å². The van der Waals surface area contributed by atoms with Crippen LogP contribution in [0.1, 0.15) is 27.0 Å². The molecule has 170 valence electrons. The molecule has 34 heavy (non-hydrogen) atoms. The minimum atomic E-state index is -0.885. The molecule has 1 aliphatic heterocycles. The second kappa shape index (κ2) is 8.60. The lowest BCUT2D eigenvalue weighted by Crippen LogP contribution is -2.34. The van der Waals surface area contributed by atoms with E-state index in [9.17, 15) is 4.79 Å². The molecule has 0 aliphatic carbocycles. The summed E-state index contributed by atoms with van der Waals surface area (Å²) in [4.78, 5) is 12.7. The summed E-state index contributed by atoms with van der Waals surface area (Å²) in [5, 5.41) is 1.59. The normalized spacial score (nSPS) is 13.6. The van der Waals surface area contributed by atoms with E-state index in [1.54, 1.807) is 20.3 Å². The Hall–Kier alpha value is -4.25. The Labute approximate surface area is 198 Å². The molecule has 0 amide bonds. The Morgan fingerprint density at radius 2 is 1.38 bits per heavy atom. The summed E-state index contributed by atoms with van der Waals surface area (Å²) in [6, 6.07) is 25.6. The van der Waals surface area contributed by atoms with Gasteiger partial charge in [0.05, 0.1) is 26.9 Å². The molecule has 0 fully saturated rings. The molecule has 1 aliphatic rings. The van der Waals surface area contributed by atoms with E-state index >= 15 is 0 Å². The van der Waals surface area contributed by atoms with Gasteiger partial charge in [0.25, 0.3) is 0 Å². The fourth-order valence-corrected chi connectivity index (χ4v) is 4.51. The summed E-state index contributed by atoms with van der Waals surface area (Å²) in [5.41, 5.74) is 2.14. The van der Waals surface area contributed by atoms with Crippen LogP contribution in [0.2, 0.25) is 0 Å². The summed E-state index contributed by atoms with van der Waals surface area (Å²) in [6.07, 6.45) is 3.94. The minimum Gasteiger partial charge on any atom is -0.493 e. The van der Waals surface area contributed by atoms with E-state index in [0.29, 0.717) is 28.4 Å². The van der Waals surface area contributed by atoms with Gasteiger partial charge in [-0.05, 0) is 35.7 Å². The van der Waals surface area contributed by atoms with Gasteiger partial charge in [-0.25, -0.2) is 4.79 Å². The first-order valence-electron chi connectivity index (χ1n) is 10.9. The first kappa shape index (κ1) is 21.6. The highest BCUT2D eigenvalue weighted by atomic mass is 16.5. The van der Waals surface area contributed by atoms with Crippen molar-refractivity contribution in [1.82, 2.24) is 0 Å². The maximum atomic E-state index is 12.7. The highest BCUT2D eigenvalue weighted by Crippen LogP contribution is 2.48. The van der Waals surface area contributed by atoms with E-state index in [1.807, 2.05) is 84.9 Å². The van der Waals surface area contributed by atoms with E-state index in [-0.39, 0.29) is 0 Å². The Kier molecular flexibility index (Phi) is 5.46. The molecule has 4 aromatic carbocycles. The van der Waals surface area contributed by atoms with Gasteiger partial charge >= 0.3 is 5.97 Å². The van der Waals surface area contributed by atoms with E-state index in [2.05, 4.69) is 0 Å². The van der Waals surface area contributed by atoms with Crippen molar-refractivity contribution < 1.29 is 23.7 Å². The van der Waals surface area contributed by atoms with Crippen LogP contribution in [-0.2, 0) is 10.3 Å². The van der Waals surface area contributed by atoms with Gasteiger partial charge in [-0.15, -0.1) is 0 Å². The third-order valence-corrected chi connectivity index (χ3v) is 6.19. The molecule has 5 rings (SSSR count). The topological polar surface area (TPSA) is 54.0 Å². The highest BCUT2D eigenvalue weighted by molar-refractivity contribution is 6.04. The zero-order valence-corrected chi connectivity index (χ0v) is 19.2. The van der Waals surface area contributed by atoms with Crippen LogP contribution in [0.15, 0.2) is 84.9 Å². The molecule has 0 spiro atoms. The number of fused-ring (bicyclic) bond motifs is 3. The van der Waals surface area contributed by atoms with Crippen molar-refractivity contribution in [3.05, 3.63) is 107 Å². The summed E-state index contributed by atoms with van der Waals surface area (Å²) in [5.74, 6) is 1.28. The van der Waals surface area contributed by atoms with Gasteiger partial charge < -0.3 is 18.9 Å². The smallest absolute Gasteiger partial charge is 0.338 e. The summed E-state index contributed by atoms with van der Waals surface area (Å²) < 4.78 is 23.1. The molecule has 0 saturated carbocycles. The molecule has 0 aromatic heterocycles. The predicted molar refractivity (Wildman–Crippen MR) is 132 cm³/mol. The fraction of sp³-hybridized carbons (Fsp3) is 0.138. The van der Waals surface area contributed by atoms with Gasteiger partial charge in [0.1, 0.15) is 5.75 Å². The molecule has 4 aromatic rings. The summed E-state index contributed by atoms with van der Waals surface area (Å²) >= 11 is 0. The number of ether oxygens (including phenoxy) is 4. The molecule has 0 atom stereocenters. The van der Waals surface area contributed by atoms with Crippen LogP contribution in [0, 0.1) is 0 Å². The van der Waals surface area contributed by atoms with Crippen molar-refractivity contribution in [2.24, 2.45) is 0 Å². The number of hydrogen-bond donors (Lipinski definition) is 0. The predicted octanol–water partition coefficient (Wildman–Crippen LogP) is 5.99. The number of rotatable bonds is 5. The summed E-state index contributed by atoms with van der Waals surface area (Å²) in [6.45, 7) is 0. The number of esters is 1. The van der Waals surface area contributed by atoms with Crippen molar-refractivity contribution in [1.29, 1.82) is 0 Å². The molecule has 5 nitrogen and oxygen atoms in total. The molecule has 1 heterocycles. The quantitative estimate of drug-likeness (QED) is 0.348. The molecule has 0 saturated heterocycles. The number of benzene rings is 4. The van der Waals surface area contributed by atoms with Gasteiger partial charge in [-0.3, -0.25) is 0 Å². The van der Waals surface area contributed by atoms with Crippen LogP contribution in [0.25, 0.3) is 16.8 Å². The zero-order chi connectivity index (χ0) is 23.7. The Morgan fingerprint density at radius 3 is 1.94 bits per heavy atom. The first-order valence-corrected chi connectivity index (χ1v) is 10.9. The van der Waals surface area contributed by atoms with Crippen molar-refractivity contribution in [3.63, 3.8) is 0 Å². The van der Waals surface area contributed by atoms with Crippen LogP contribution in [0.4, 0.5) is 0 Å². The van der Waals surface area contributed by atoms with Gasteiger partial charge in [0, 0.05) is 22.1 Å². The highest BCUT2D eigenvalue weighted by Gasteiger charge is 2.38. The molecule has 0 unspecified atom stereocenters. The maximum Gasteiger partial charge on any atom is 0.338 e. The fourth-order valence-electron chi connectivity index (χ4n) is 4.51. The number of hydrogen-bond acceptors (Lipinski definition) is 5. The average Bonchev–Trinajstić information content (AvgIpc) is 2.91. The van der Waals surface area contributed by atoms with Crippen molar-refractivity contribution in [3.8, 4) is 17.2 Å². The van der Waals surface area contributed by atoms with Crippen LogP contribution in [-0.4, -0.2) is 27.3 Å². The van der Waals surface area contributed by atoms with Crippen molar-refractivity contribution in [2.45, 2.75) is 5.60 Å². The van der Waals surface area contributed by atoms with E-state index in [4.69, 9.17) is 18.9 Å². The van der Waals surface area contributed by atoms with Gasteiger partial charge in [-0.2, -0.15) is 0 Å². The lowest BCUT2D eigenvalue weighted by atomic mass is 9.82. The van der Waals surface area contributed by atoms with Crippen LogP contribution in [0.5, 0.6) is 17.2 Å². The Bertz CT molecular complexity index is 1350. The van der Waals surface area contributed by atoms with Crippen molar-refractivity contribution in [2.75, 3.05) is 21.3 Å². The number of methoxy groups -OCH3 is 3. The molecule has 0 radical (unpaired) electrons.